The number of para-hydroxylation sites is 1. The summed E-state index contributed by atoms with van der Waals surface area (Å²) < 4.78 is 9.10. The fraction of sp³-hybridized carbons (Fsp3) is 0.240. The molecule has 0 radical (unpaired) electrons. The molecule has 1 N–H and O–H groups in total. The van der Waals surface area contributed by atoms with Crippen LogP contribution < -0.4 is 14.9 Å². The van der Waals surface area contributed by atoms with Gasteiger partial charge in [0.05, 0.1) is 18.5 Å². The van der Waals surface area contributed by atoms with Crippen molar-refractivity contribution in [3.05, 3.63) is 87.1 Å². The molecule has 170 valence electrons. The van der Waals surface area contributed by atoms with Crippen LogP contribution >= 0.6 is 11.3 Å². The molecule has 0 spiro atoms. The standard InChI is InChI=1S/C25H26N4O3S/c1-18-8-5-11-21(23(18)32-2)29-22(17-33-25(29)31)19-9-6-10-20(16-19)24(30)26-12-3-4-14-28-15-7-13-27-28/h5-11,13,15-17H,3-4,12,14H2,1-2H3,(H,26,30). The first-order valence-corrected chi connectivity index (χ1v) is 11.7. The van der Waals surface area contributed by atoms with Gasteiger partial charge in [0.15, 0.2) is 0 Å². The number of thiazole rings is 1. The van der Waals surface area contributed by atoms with E-state index in [9.17, 15) is 9.59 Å². The number of carbonyl (C=O) groups is 1. The molecular weight excluding hydrogens is 436 g/mol. The molecule has 1 amide bonds. The summed E-state index contributed by atoms with van der Waals surface area (Å²) in [6, 6.07) is 14.9. The third-order valence-corrected chi connectivity index (χ3v) is 6.14. The van der Waals surface area contributed by atoms with Crippen LogP contribution in [0.25, 0.3) is 16.9 Å². The van der Waals surface area contributed by atoms with Crippen molar-refractivity contribution in [1.82, 2.24) is 19.7 Å². The molecule has 4 rings (SSSR count). The molecule has 4 aromatic rings. The van der Waals surface area contributed by atoms with E-state index < -0.39 is 0 Å². The van der Waals surface area contributed by atoms with Gasteiger partial charge in [-0.2, -0.15) is 5.10 Å². The van der Waals surface area contributed by atoms with Gasteiger partial charge in [0.1, 0.15) is 5.75 Å². The zero-order valence-corrected chi connectivity index (χ0v) is 19.5. The summed E-state index contributed by atoms with van der Waals surface area (Å²) in [6.45, 7) is 3.36. The highest BCUT2D eigenvalue weighted by Gasteiger charge is 2.17. The molecule has 2 aromatic heterocycles. The largest absolute Gasteiger partial charge is 0.494 e. The molecule has 0 unspecified atom stereocenters. The first-order valence-electron chi connectivity index (χ1n) is 10.8. The second kappa shape index (κ2) is 10.3. The van der Waals surface area contributed by atoms with Gasteiger partial charge in [0.25, 0.3) is 5.91 Å². The summed E-state index contributed by atoms with van der Waals surface area (Å²) in [5, 5.41) is 8.98. The minimum atomic E-state index is -0.131. The topological polar surface area (TPSA) is 78.2 Å². The van der Waals surface area contributed by atoms with Crippen LogP contribution in [0.5, 0.6) is 5.75 Å². The third kappa shape index (κ3) is 5.06. The Balaban J connectivity index is 1.50. The van der Waals surface area contributed by atoms with Crippen molar-refractivity contribution in [1.29, 1.82) is 0 Å². The lowest BCUT2D eigenvalue weighted by molar-refractivity contribution is 0.0953. The smallest absolute Gasteiger partial charge is 0.312 e. The number of aryl methyl sites for hydroxylation is 2. The highest BCUT2D eigenvalue weighted by Crippen LogP contribution is 2.31. The maximum Gasteiger partial charge on any atom is 0.312 e. The van der Waals surface area contributed by atoms with Crippen molar-refractivity contribution in [3.63, 3.8) is 0 Å². The van der Waals surface area contributed by atoms with Crippen LogP contribution in [0, 0.1) is 6.92 Å². The van der Waals surface area contributed by atoms with Gasteiger partial charge < -0.3 is 10.1 Å². The van der Waals surface area contributed by atoms with Crippen LogP contribution in [0.15, 0.2) is 71.1 Å². The molecule has 0 saturated carbocycles. The summed E-state index contributed by atoms with van der Waals surface area (Å²) in [5.41, 5.74) is 3.71. The number of unbranched alkanes of at least 4 members (excludes halogenated alkanes) is 1. The first-order chi connectivity index (χ1) is 16.1. The number of benzene rings is 2. The Kier molecular flexibility index (Phi) is 7.04. The lowest BCUT2D eigenvalue weighted by Crippen LogP contribution is -2.24. The molecule has 0 aliphatic carbocycles. The number of methoxy groups -OCH3 is 1. The predicted octanol–water partition coefficient (Wildman–Crippen LogP) is 4.29. The highest BCUT2D eigenvalue weighted by molar-refractivity contribution is 7.07. The molecule has 0 aliphatic rings. The third-order valence-electron chi connectivity index (χ3n) is 5.41. The average Bonchev–Trinajstić information content (AvgIpc) is 3.48. The number of hydrogen-bond acceptors (Lipinski definition) is 5. The summed E-state index contributed by atoms with van der Waals surface area (Å²) in [7, 11) is 1.60. The van der Waals surface area contributed by atoms with Gasteiger partial charge in [-0.05, 0) is 49.6 Å². The van der Waals surface area contributed by atoms with E-state index in [1.54, 1.807) is 23.9 Å². The summed E-state index contributed by atoms with van der Waals surface area (Å²) >= 11 is 1.12. The maximum atomic E-state index is 12.7. The molecule has 2 aromatic carbocycles. The lowest BCUT2D eigenvalue weighted by atomic mass is 10.1. The zero-order valence-electron chi connectivity index (χ0n) is 18.7. The highest BCUT2D eigenvalue weighted by atomic mass is 32.1. The second-order valence-corrected chi connectivity index (χ2v) is 8.48. The number of carbonyl (C=O) groups excluding carboxylic acids is 1. The molecule has 0 fully saturated rings. The fourth-order valence-electron chi connectivity index (χ4n) is 3.77. The molecule has 2 heterocycles. The van der Waals surface area contributed by atoms with Crippen molar-refractivity contribution < 1.29 is 9.53 Å². The van der Waals surface area contributed by atoms with Gasteiger partial charge in [0, 0.05) is 42.0 Å². The second-order valence-electron chi connectivity index (χ2n) is 7.66. The van der Waals surface area contributed by atoms with E-state index in [1.807, 2.05) is 65.6 Å². The minimum Gasteiger partial charge on any atom is -0.494 e. The molecular formula is C25H26N4O3S. The van der Waals surface area contributed by atoms with E-state index in [4.69, 9.17) is 4.74 Å². The van der Waals surface area contributed by atoms with E-state index in [0.717, 1.165) is 47.5 Å². The Bertz CT molecular complexity index is 1290. The molecule has 8 heteroatoms. The summed E-state index contributed by atoms with van der Waals surface area (Å²) in [6.07, 6.45) is 5.49. The number of hydrogen-bond donors (Lipinski definition) is 1. The van der Waals surface area contributed by atoms with Crippen LogP contribution in [-0.4, -0.2) is 33.9 Å². The molecule has 0 bridgehead atoms. The van der Waals surface area contributed by atoms with Gasteiger partial charge >= 0.3 is 4.87 Å². The monoisotopic (exact) mass is 462 g/mol. The quantitative estimate of drug-likeness (QED) is 0.377. The van der Waals surface area contributed by atoms with Crippen LogP contribution in [0.4, 0.5) is 0 Å². The van der Waals surface area contributed by atoms with Gasteiger partial charge in [-0.15, -0.1) is 0 Å². The Labute approximate surface area is 196 Å². The number of aromatic nitrogens is 3. The van der Waals surface area contributed by atoms with Crippen molar-refractivity contribution in [3.8, 4) is 22.7 Å². The Hall–Kier alpha value is -3.65. The molecule has 0 atom stereocenters. The first kappa shape index (κ1) is 22.5. The van der Waals surface area contributed by atoms with E-state index >= 15 is 0 Å². The average molecular weight is 463 g/mol. The van der Waals surface area contributed by atoms with Gasteiger partial charge in [0.2, 0.25) is 0 Å². The van der Waals surface area contributed by atoms with Gasteiger partial charge in [-0.25, -0.2) is 0 Å². The van der Waals surface area contributed by atoms with Crippen molar-refractivity contribution in [2.75, 3.05) is 13.7 Å². The number of nitrogens with one attached hydrogen (secondary N) is 1. The summed E-state index contributed by atoms with van der Waals surface area (Å²) in [4.78, 5) is 25.3. The minimum absolute atomic E-state index is 0.110. The number of amides is 1. The SMILES string of the molecule is COc1c(C)cccc1-n1c(-c2cccc(C(=O)NCCCCn3cccn3)c2)csc1=O. The Morgan fingerprint density at radius 1 is 1.15 bits per heavy atom. The lowest BCUT2D eigenvalue weighted by Gasteiger charge is -2.14. The zero-order chi connectivity index (χ0) is 23.2. The predicted molar refractivity (Wildman–Crippen MR) is 130 cm³/mol. The van der Waals surface area contributed by atoms with Crippen LogP contribution in [0.1, 0.15) is 28.8 Å². The Morgan fingerprint density at radius 2 is 2.00 bits per heavy atom. The fourth-order valence-corrected chi connectivity index (χ4v) is 4.53. The van der Waals surface area contributed by atoms with Crippen molar-refractivity contribution in [2.45, 2.75) is 26.3 Å². The number of rotatable bonds is 9. The van der Waals surface area contributed by atoms with Crippen LogP contribution in [0.2, 0.25) is 0 Å². The normalized spacial score (nSPS) is 10.8. The molecule has 33 heavy (non-hydrogen) atoms. The molecule has 0 aliphatic heterocycles. The van der Waals surface area contributed by atoms with E-state index in [2.05, 4.69) is 10.4 Å². The number of ether oxygens (including phenoxy) is 1. The van der Waals surface area contributed by atoms with E-state index in [1.165, 1.54) is 0 Å². The number of nitrogens with zero attached hydrogens (tertiary/aromatic N) is 3. The maximum absolute atomic E-state index is 12.7. The van der Waals surface area contributed by atoms with Gasteiger partial charge in [-0.1, -0.05) is 35.6 Å². The summed E-state index contributed by atoms with van der Waals surface area (Å²) in [5.74, 6) is 0.525. The van der Waals surface area contributed by atoms with E-state index in [0.29, 0.717) is 23.5 Å². The van der Waals surface area contributed by atoms with Crippen LogP contribution in [-0.2, 0) is 6.54 Å². The van der Waals surface area contributed by atoms with E-state index in [-0.39, 0.29) is 10.8 Å². The van der Waals surface area contributed by atoms with Crippen LogP contribution in [0.3, 0.4) is 0 Å². The Morgan fingerprint density at radius 3 is 2.79 bits per heavy atom. The van der Waals surface area contributed by atoms with Crippen molar-refractivity contribution in [2.24, 2.45) is 0 Å². The molecule has 7 nitrogen and oxygen atoms in total. The molecule has 0 saturated heterocycles. The van der Waals surface area contributed by atoms with Crippen molar-refractivity contribution >= 4 is 17.2 Å². The van der Waals surface area contributed by atoms with Gasteiger partial charge in [-0.3, -0.25) is 18.8 Å².